The molecule has 0 saturated carbocycles. The molecule has 1 heterocycles. The lowest BCUT2D eigenvalue weighted by Gasteiger charge is -2.44. The maximum atomic E-state index is 13.3. The van der Waals surface area contributed by atoms with Gasteiger partial charge in [-0.1, -0.05) is 24.3 Å². The van der Waals surface area contributed by atoms with Crippen molar-refractivity contribution in [2.24, 2.45) is 0 Å². The van der Waals surface area contributed by atoms with Crippen LogP contribution in [-0.2, 0) is 10.3 Å². The molecule has 3 rings (SSSR count). The highest BCUT2D eigenvalue weighted by atomic mass is 19.1. The Labute approximate surface area is 157 Å². The average molecular weight is 375 g/mol. The molecule has 144 valence electrons. The first-order valence-corrected chi connectivity index (χ1v) is 9.00. The molecule has 0 radical (unpaired) electrons. The van der Waals surface area contributed by atoms with Crippen LogP contribution in [0.4, 0.5) is 13.6 Å². The molecule has 0 aliphatic carbocycles. The van der Waals surface area contributed by atoms with Gasteiger partial charge in [0.2, 0.25) is 0 Å². The standard InChI is InChI=1S/C21H23F2NO3/c1-14(25)13-21(17-5-9-19(23)10-6-17)11-12-24(20(26)27-21)15(2)16-3-7-18(22)8-4-16/h3-10,14-15,25H,11-13H2,1-2H3/t14?,15-,21-/m0/s1. The SMILES string of the molecule is CC(O)C[C@]1(c2ccc(F)cc2)CCN([C@@H](C)c2ccc(F)cc2)C(=O)O1. The van der Waals surface area contributed by atoms with Crippen molar-refractivity contribution < 1.29 is 23.4 Å². The Kier molecular flexibility index (Phi) is 5.46. The lowest BCUT2D eigenvalue weighted by Crippen LogP contribution is -2.49. The van der Waals surface area contributed by atoms with Gasteiger partial charge in [-0.3, -0.25) is 0 Å². The molecular weight excluding hydrogens is 352 g/mol. The molecule has 27 heavy (non-hydrogen) atoms. The molecule has 1 fully saturated rings. The molecule has 0 bridgehead atoms. The van der Waals surface area contributed by atoms with Gasteiger partial charge >= 0.3 is 6.09 Å². The van der Waals surface area contributed by atoms with Crippen molar-refractivity contribution in [3.63, 3.8) is 0 Å². The van der Waals surface area contributed by atoms with Crippen LogP contribution in [0, 0.1) is 11.6 Å². The van der Waals surface area contributed by atoms with E-state index >= 15 is 0 Å². The molecule has 4 nitrogen and oxygen atoms in total. The number of carbonyl (C=O) groups is 1. The number of amides is 1. The number of aliphatic hydroxyl groups is 1. The maximum Gasteiger partial charge on any atom is 0.411 e. The van der Waals surface area contributed by atoms with E-state index < -0.39 is 17.8 Å². The Morgan fingerprint density at radius 2 is 1.63 bits per heavy atom. The normalized spacial score (nSPS) is 22.3. The molecule has 0 spiro atoms. The molecule has 1 aliphatic rings. The minimum atomic E-state index is -1.00. The van der Waals surface area contributed by atoms with E-state index in [2.05, 4.69) is 0 Å². The first-order chi connectivity index (χ1) is 12.8. The number of ether oxygens (including phenoxy) is 1. The van der Waals surface area contributed by atoms with Gasteiger partial charge in [-0.05, 0) is 49.2 Å². The predicted octanol–water partition coefficient (Wildman–Crippen LogP) is 4.53. The Morgan fingerprint density at radius 3 is 2.15 bits per heavy atom. The zero-order chi connectivity index (χ0) is 19.6. The van der Waals surface area contributed by atoms with Gasteiger partial charge in [0.15, 0.2) is 0 Å². The van der Waals surface area contributed by atoms with Crippen molar-refractivity contribution in [2.75, 3.05) is 6.54 Å². The summed E-state index contributed by atoms with van der Waals surface area (Å²) >= 11 is 0. The van der Waals surface area contributed by atoms with Gasteiger partial charge in [0.1, 0.15) is 17.2 Å². The quantitative estimate of drug-likeness (QED) is 0.835. The van der Waals surface area contributed by atoms with Gasteiger partial charge in [0.05, 0.1) is 12.1 Å². The highest BCUT2D eigenvalue weighted by molar-refractivity contribution is 5.70. The fraction of sp³-hybridized carbons (Fsp3) is 0.381. The molecule has 1 amide bonds. The molecular formula is C21H23F2NO3. The third-order valence-corrected chi connectivity index (χ3v) is 5.09. The summed E-state index contributed by atoms with van der Waals surface area (Å²) in [5.74, 6) is -0.709. The van der Waals surface area contributed by atoms with E-state index in [4.69, 9.17) is 4.74 Å². The first-order valence-electron chi connectivity index (χ1n) is 9.00. The zero-order valence-electron chi connectivity index (χ0n) is 15.4. The van der Waals surface area contributed by atoms with Gasteiger partial charge in [0, 0.05) is 19.4 Å². The monoisotopic (exact) mass is 375 g/mol. The second-order valence-electron chi connectivity index (χ2n) is 7.09. The third kappa shape index (κ3) is 4.11. The summed E-state index contributed by atoms with van der Waals surface area (Å²) in [4.78, 5) is 14.4. The predicted molar refractivity (Wildman–Crippen MR) is 97.0 cm³/mol. The summed E-state index contributed by atoms with van der Waals surface area (Å²) in [6, 6.07) is 11.5. The number of benzene rings is 2. The van der Waals surface area contributed by atoms with Crippen molar-refractivity contribution in [1.82, 2.24) is 4.90 Å². The number of carbonyl (C=O) groups excluding carboxylic acids is 1. The van der Waals surface area contributed by atoms with Crippen LogP contribution >= 0.6 is 0 Å². The topological polar surface area (TPSA) is 49.8 Å². The van der Waals surface area contributed by atoms with Crippen LogP contribution in [-0.4, -0.2) is 28.7 Å². The number of nitrogens with zero attached hydrogens (tertiary/aromatic N) is 1. The molecule has 1 aliphatic heterocycles. The molecule has 1 unspecified atom stereocenters. The van der Waals surface area contributed by atoms with Crippen LogP contribution in [0.2, 0.25) is 0 Å². The molecule has 2 aromatic carbocycles. The summed E-state index contributed by atoms with van der Waals surface area (Å²) < 4.78 is 32.3. The van der Waals surface area contributed by atoms with Gasteiger partial charge in [0.25, 0.3) is 0 Å². The minimum Gasteiger partial charge on any atom is -0.438 e. The second-order valence-corrected chi connectivity index (χ2v) is 7.09. The van der Waals surface area contributed by atoms with Gasteiger partial charge in [-0.25, -0.2) is 13.6 Å². The summed E-state index contributed by atoms with van der Waals surface area (Å²) in [6.07, 6.45) is -0.517. The fourth-order valence-electron chi connectivity index (χ4n) is 3.64. The van der Waals surface area contributed by atoms with Crippen molar-refractivity contribution in [1.29, 1.82) is 0 Å². The van der Waals surface area contributed by atoms with E-state index in [0.717, 1.165) is 5.56 Å². The molecule has 3 atom stereocenters. The smallest absolute Gasteiger partial charge is 0.411 e. The lowest BCUT2D eigenvalue weighted by atomic mass is 9.84. The van der Waals surface area contributed by atoms with Gasteiger partial charge in [-0.15, -0.1) is 0 Å². The Morgan fingerprint density at radius 1 is 1.07 bits per heavy atom. The summed E-state index contributed by atoms with van der Waals surface area (Å²) in [5, 5.41) is 9.94. The average Bonchev–Trinajstić information content (AvgIpc) is 2.62. The van der Waals surface area contributed by atoms with Gasteiger partial charge in [-0.2, -0.15) is 0 Å². The van der Waals surface area contributed by atoms with E-state index in [9.17, 15) is 18.7 Å². The lowest BCUT2D eigenvalue weighted by molar-refractivity contribution is -0.0815. The van der Waals surface area contributed by atoms with Gasteiger partial charge < -0.3 is 14.7 Å². The largest absolute Gasteiger partial charge is 0.438 e. The molecule has 0 aromatic heterocycles. The Balaban J connectivity index is 1.84. The summed E-state index contributed by atoms with van der Waals surface area (Å²) in [6.45, 7) is 3.89. The second kappa shape index (κ2) is 7.64. The van der Waals surface area contributed by atoms with Crippen molar-refractivity contribution in [3.05, 3.63) is 71.3 Å². The van der Waals surface area contributed by atoms with Crippen LogP contribution in [0.1, 0.15) is 43.9 Å². The van der Waals surface area contributed by atoms with Crippen molar-refractivity contribution >= 4 is 6.09 Å². The molecule has 1 saturated heterocycles. The molecule has 1 N–H and O–H groups in total. The van der Waals surface area contributed by atoms with E-state index in [1.807, 2.05) is 6.92 Å². The van der Waals surface area contributed by atoms with Crippen LogP contribution in [0.5, 0.6) is 0 Å². The number of halogens is 2. The van der Waals surface area contributed by atoms with E-state index in [-0.39, 0.29) is 24.1 Å². The van der Waals surface area contributed by atoms with Crippen LogP contribution in [0.3, 0.4) is 0 Å². The van der Waals surface area contributed by atoms with Crippen molar-refractivity contribution in [3.8, 4) is 0 Å². The van der Waals surface area contributed by atoms with Crippen LogP contribution in [0.25, 0.3) is 0 Å². The number of hydrogen-bond acceptors (Lipinski definition) is 3. The first kappa shape index (κ1) is 19.3. The van der Waals surface area contributed by atoms with E-state index in [1.54, 1.807) is 36.1 Å². The summed E-state index contributed by atoms with van der Waals surface area (Å²) in [5.41, 5.74) is 0.461. The molecule has 2 aromatic rings. The highest BCUT2D eigenvalue weighted by Gasteiger charge is 2.44. The third-order valence-electron chi connectivity index (χ3n) is 5.09. The van der Waals surface area contributed by atoms with Crippen LogP contribution in [0.15, 0.2) is 48.5 Å². The van der Waals surface area contributed by atoms with Crippen molar-refractivity contribution in [2.45, 2.75) is 44.4 Å². The summed E-state index contributed by atoms with van der Waals surface area (Å²) in [7, 11) is 0. The van der Waals surface area contributed by atoms with E-state index in [1.165, 1.54) is 24.3 Å². The number of aliphatic hydroxyl groups excluding tert-OH is 1. The zero-order valence-corrected chi connectivity index (χ0v) is 15.4. The number of hydrogen-bond donors (Lipinski definition) is 1. The molecule has 6 heteroatoms. The highest BCUT2D eigenvalue weighted by Crippen LogP contribution is 2.40. The van der Waals surface area contributed by atoms with E-state index in [0.29, 0.717) is 18.5 Å². The fourth-order valence-corrected chi connectivity index (χ4v) is 3.64. The Hall–Kier alpha value is -2.47. The maximum absolute atomic E-state index is 13.3. The minimum absolute atomic E-state index is 0.225. The number of rotatable bonds is 5. The van der Waals surface area contributed by atoms with Crippen LogP contribution < -0.4 is 0 Å². The number of cyclic esters (lactones) is 1. The Bertz CT molecular complexity index is 792.